The highest BCUT2D eigenvalue weighted by molar-refractivity contribution is 5.47. The summed E-state index contributed by atoms with van der Waals surface area (Å²) in [5.41, 5.74) is 2.02. The molecule has 2 heterocycles. The lowest BCUT2D eigenvalue weighted by Crippen LogP contribution is -2.17. The minimum absolute atomic E-state index is 0.395. The Hall–Kier alpha value is -1.20. The van der Waals surface area contributed by atoms with Crippen LogP contribution in [0.2, 0.25) is 0 Å². The Morgan fingerprint density at radius 2 is 2.05 bits per heavy atom. The Kier molecular flexibility index (Phi) is 3.41. The molecule has 0 spiro atoms. The third kappa shape index (κ3) is 3.04. The van der Waals surface area contributed by atoms with E-state index in [0.717, 1.165) is 63.4 Å². The van der Waals surface area contributed by atoms with E-state index in [-0.39, 0.29) is 0 Å². The number of hydrogen-bond donors (Lipinski definition) is 3. The van der Waals surface area contributed by atoms with Crippen LogP contribution in [0, 0.1) is 6.92 Å². The van der Waals surface area contributed by atoms with Gasteiger partial charge in [-0.15, -0.1) is 0 Å². The SMILES string of the molecule is Cc1nc2c(c(NCCC3(O)CC3)n1)CCNCC2. The number of rotatable bonds is 4. The van der Waals surface area contributed by atoms with Gasteiger partial charge in [-0.1, -0.05) is 0 Å². The van der Waals surface area contributed by atoms with E-state index in [1.807, 2.05) is 6.92 Å². The molecule has 1 aliphatic carbocycles. The van der Waals surface area contributed by atoms with Crippen molar-refractivity contribution in [2.75, 3.05) is 25.0 Å². The molecule has 1 aromatic heterocycles. The van der Waals surface area contributed by atoms with Gasteiger partial charge in [0.1, 0.15) is 11.6 Å². The molecule has 1 saturated carbocycles. The summed E-state index contributed by atoms with van der Waals surface area (Å²) in [6.45, 7) is 4.70. The third-order valence-corrected chi connectivity index (χ3v) is 4.00. The van der Waals surface area contributed by atoms with E-state index in [9.17, 15) is 5.11 Å². The number of aliphatic hydroxyl groups is 1. The van der Waals surface area contributed by atoms with E-state index < -0.39 is 5.60 Å². The van der Waals surface area contributed by atoms with Gasteiger partial charge in [-0.3, -0.25) is 0 Å². The van der Waals surface area contributed by atoms with E-state index in [0.29, 0.717) is 0 Å². The third-order valence-electron chi connectivity index (χ3n) is 4.00. The highest BCUT2D eigenvalue weighted by atomic mass is 16.3. The minimum atomic E-state index is -0.395. The lowest BCUT2D eigenvalue weighted by atomic mass is 10.1. The molecule has 19 heavy (non-hydrogen) atoms. The van der Waals surface area contributed by atoms with Crippen molar-refractivity contribution < 1.29 is 5.11 Å². The maximum absolute atomic E-state index is 9.86. The van der Waals surface area contributed by atoms with Crippen molar-refractivity contribution in [3.05, 3.63) is 17.1 Å². The standard InChI is InChI=1S/C14H22N4O/c1-10-17-12-3-8-15-7-2-11(12)13(18-10)16-9-6-14(19)4-5-14/h15,19H,2-9H2,1H3,(H,16,17,18). The predicted octanol–water partition coefficient (Wildman–Crippen LogP) is 0.800. The van der Waals surface area contributed by atoms with Gasteiger partial charge in [-0.05, 0) is 39.2 Å². The number of hydrogen-bond acceptors (Lipinski definition) is 5. The Morgan fingerprint density at radius 3 is 2.84 bits per heavy atom. The fraction of sp³-hybridized carbons (Fsp3) is 0.714. The second-order valence-corrected chi connectivity index (χ2v) is 5.70. The monoisotopic (exact) mass is 262 g/mol. The van der Waals surface area contributed by atoms with Gasteiger partial charge in [0.15, 0.2) is 0 Å². The Bertz CT molecular complexity index is 471. The molecule has 1 aliphatic heterocycles. The maximum Gasteiger partial charge on any atom is 0.133 e. The topological polar surface area (TPSA) is 70.1 Å². The molecule has 0 aromatic carbocycles. The summed E-state index contributed by atoms with van der Waals surface area (Å²) in [6, 6.07) is 0. The number of nitrogens with one attached hydrogen (secondary N) is 2. The van der Waals surface area contributed by atoms with E-state index in [1.54, 1.807) is 0 Å². The lowest BCUT2D eigenvalue weighted by molar-refractivity contribution is 0.144. The van der Waals surface area contributed by atoms with Gasteiger partial charge < -0.3 is 15.7 Å². The Labute approximate surface area is 113 Å². The van der Waals surface area contributed by atoms with Gasteiger partial charge in [-0.25, -0.2) is 9.97 Å². The molecule has 0 unspecified atom stereocenters. The van der Waals surface area contributed by atoms with Crippen LogP contribution in [0.4, 0.5) is 5.82 Å². The fourth-order valence-corrected chi connectivity index (χ4v) is 2.62. The molecule has 0 saturated heterocycles. The molecule has 3 rings (SSSR count). The molecule has 0 radical (unpaired) electrons. The quantitative estimate of drug-likeness (QED) is 0.749. The van der Waals surface area contributed by atoms with Crippen LogP contribution in [0.15, 0.2) is 0 Å². The van der Waals surface area contributed by atoms with Gasteiger partial charge in [-0.2, -0.15) is 0 Å². The van der Waals surface area contributed by atoms with Crippen LogP contribution < -0.4 is 10.6 Å². The van der Waals surface area contributed by atoms with Crippen LogP contribution in [0.5, 0.6) is 0 Å². The first-order valence-corrected chi connectivity index (χ1v) is 7.20. The zero-order chi connectivity index (χ0) is 13.3. The fourth-order valence-electron chi connectivity index (χ4n) is 2.62. The zero-order valence-electron chi connectivity index (χ0n) is 11.5. The van der Waals surface area contributed by atoms with Crippen molar-refractivity contribution >= 4 is 5.82 Å². The molecule has 2 aliphatic rings. The average Bonchev–Trinajstić information content (AvgIpc) is 3.12. The molecule has 0 amide bonds. The summed E-state index contributed by atoms with van der Waals surface area (Å²) in [5.74, 6) is 1.80. The molecule has 0 bridgehead atoms. The van der Waals surface area contributed by atoms with Crippen molar-refractivity contribution in [2.45, 2.75) is 44.6 Å². The van der Waals surface area contributed by atoms with E-state index in [1.165, 1.54) is 11.3 Å². The van der Waals surface area contributed by atoms with Gasteiger partial charge in [0.25, 0.3) is 0 Å². The normalized spacial score (nSPS) is 20.5. The first-order chi connectivity index (χ1) is 9.16. The van der Waals surface area contributed by atoms with Crippen molar-refractivity contribution in [3.63, 3.8) is 0 Å². The summed E-state index contributed by atoms with van der Waals surface area (Å²) in [7, 11) is 0. The number of fused-ring (bicyclic) bond motifs is 1. The number of aromatic nitrogens is 2. The van der Waals surface area contributed by atoms with Crippen LogP contribution in [-0.4, -0.2) is 40.3 Å². The van der Waals surface area contributed by atoms with Crippen LogP contribution in [0.3, 0.4) is 0 Å². The average molecular weight is 262 g/mol. The Balaban J connectivity index is 1.73. The summed E-state index contributed by atoms with van der Waals surface area (Å²) in [5, 5.41) is 16.7. The van der Waals surface area contributed by atoms with Crippen molar-refractivity contribution in [1.82, 2.24) is 15.3 Å². The molecule has 5 heteroatoms. The van der Waals surface area contributed by atoms with E-state index in [4.69, 9.17) is 0 Å². The Morgan fingerprint density at radius 1 is 1.26 bits per heavy atom. The minimum Gasteiger partial charge on any atom is -0.390 e. The molecule has 0 atom stereocenters. The summed E-state index contributed by atoms with van der Waals surface area (Å²) >= 11 is 0. The van der Waals surface area contributed by atoms with Gasteiger partial charge in [0.05, 0.1) is 11.3 Å². The molecule has 5 nitrogen and oxygen atoms in total. The summed E-state index contributed by atoms with van der Waals surface area (Å²) in [4.78, 5) is 9.10. The molecular weight excluding hydrogens is 240 g/mol. The highest BCUT2D eigenvalue weighted by Crippen LogP contribution is 2.38. The van der Waals surface area contributed by atoms with Crippen molar-refractivity contribution in [1.29, 1.82) is 0 Å². The molecule has 1 aromatic rings. The van der Waals surface area contributed by atoms with Crippen LogP contribution in [-0.2, 0) is 12.8 Å². The van der Waals surface area contributed by atoms with Crippen molar-refractivity contribution in [2.24, 2.45) is 0 Å². The van der Waals surface area contributed by atoms with Gasteiger partial charge in [0.2, 0.25) is 0 Å². The lowest BCUT2D eigenvalue weighted by Gasteiger charge is -2.14. The highest BCUT2D eigenvalue weighted by Gasteiger charge is 2.39. The zero-order valence-corrected chi connectivity index (χ0v) is 11.5. The smallest absolute Gasteiger partial charge is 0.133 e. The molecule has 1 fully saturated rings. The van der Waals surface area contributed by atoms with Crippen molar-refractivity contribution in [3.8, 4) is 0 Å². The van der Waals surface area contributed by atoms with E-state index in [2.05, 4.69) is 20.6 Å². The summed E-state index contributed by atoms with van der Waals surface area (Å²) < 4.78 is 0. The largest absolute Gasteiger partial charge is 0.390 e. The molecular formula is C14H22N4O. The van der Waals surface area contributed by atoms with Gasteiger partial charge >= 0.3 is 0 Å². The van der Waals surface area contributed by atoms with Crippen LogP contribution >= 0.6 is 0 Å². The second kappa shape index (κ2) is 5.06. The first-order valence-electron chi connectivity index (χ1n) is 7.20. The molecule has 3 N–H and O–H groups in total. The number of aryl methyl sites for hydroxylation is 1. The van der Waals surface area contributed by atoms with Crippen LogP contribution in [0.1, 0.15) is 36.3 Å². The maximum atomic E-state index is 9.86. The molecule has 104 valence electrons. The second-order valence-electron chi connectivity index (χ2n) is 5.70. The van der Waals surface area contributed by atoms with Gasteiger partial charge in [0, 0.05) is 25.1 Å². The number of anilines is 1. The van der Waals surface area contributed by atoms with Crippen LogP contribution in [0.25, 0.3) is 0 Å². The number of nitrogens with zero attached hydrogens (tertiary/aromatic N) is 2. The summed E-state index contributed by atoms with van der Waals surface area (Å²) in [6.07, 6.45) is 4.64. The first kappa shape index (κ1) is 12.8. The predicted molar refractivity (Wildman–Crippen MR) is 74.3 cm³/mol. The van der Waals surface area contributed by atoms with E-state index >= 15 is 0 Å².